The number of imide groups is 1. The Morgan fingerprint density at radius 2 is 1.68 bits per heavy atom. The van der Waals surface area contributed by atoms with Gasteiger partial charge in [0, 0.05) is 24.7 Å². The number of amides is 4. The first-order chi connectivity index (χ1) is 18.0. The summed E-state index contributed by atoms with van der Waals surface area (Å²) in [7, 11) is 0. The molecule has 1 aromatic rings. The number of esters is 1. The predicted octanol–water partition coefficient (Wildman–Crippen LogP) is -8.45. The average Bonchev–Trinajstić information content (AvgIpc) is 3.12. The van der Waals surface area contributed by atoms with Gasteiger partial charge in [-0.05, 0) is 25.0 Å². The molecule has 4 amide bonds. The number of fused-ring (bicyclic) bond motifs is 2. The maximum absolute atomic E-state index is 12.7. The van der Waals surface area contributed by atoms with Crippen LogP contribution >= 0.6 is 11.8 Å². The van der Waals surface area contributed by atoms with Gasteiger partial charge in [-0.25, -0.2) is 0 Å². The van der Waals surface area contributed by atoms with Crippen LogP contribution in [0, 0.1) is 0 Å². The molecule has 0 spiro atoms. The van der Waals surface area contributed by atoms with Crippen molar-refractivity contribution in [3.63, 3.8) is 0 Å². The molecule has 16 heteroatoms. The number of benzene rings is 1. The Hall–Kier alpha value is -2.20. The number of nitrogens with one attached hydrogen (secondary N) is 1. The molecular formula is C24H21N3Na2O10S. The van der Waals surface area contributed by atoms with Crippen molar-refractivity contribution >= 4 is 53.3 Å². The zero-order valence-electron chi connectivity index (χ0n) is 22.0. The van der Waals surface area contributed by atoms with Crippen LogP contribution < -0.4 is 74.6 Å². The van der Waals surface area contributed by atoms with Gasteiger partial charge in [-0.1, -0.05) is 12.1 Å². The number of carboxylic acids is 2. The van der Waals surface area contributed by atoms with E-state index in [0.717, 1.165) is 11.8 Å². The van der Waals surface area contributed by atoms with Crippen LogP contribution in [0.2, 0.25) is 0 Å². The van der Waals surface area contributed by atoms with E-state index in [1.807, 2.05) is 0 Å². The van der Waals surface area contributed by atoms with Crippen molar-refractivity contribution in [2.45, 2.75) is 43.6 Å². The third-order valence-corrected chi connectivity index (χ3v) is 7.64. The maximum Gasteiger partial charge on any atom is 1.00 e. The van der Waals surface area contributed by atoms with Crippen LogP contribution in [-0.4, -0.2) is 81.2 Å². The molecule has 3 atom stereocenters. The van der Waals surface area contributed by atoms with Crippen molar-refractivity contribution in [3.05, 3.63) is 46.7 Å². The Morgan fingerprint density at radius 1 is 1.07 bits per heavy atom. The largest absolute Gasteiger partial charge is 1.00 e. The molecule has 200 valence electrons. The molecule has 4 rings (SSSR count). The fraction of sp³-hybridized carbons (Fsp3) is 0.375. The second-order valence-corrected chi connectivity index (χ2v) is 9.83. The zero-order valence-corrected chi connectivity index (χ0v) is 26.8. The molecule has 3 aliphatic heterocycles. The summed E-state index contributed by atoms with van der Waals surface area (Å²) in [5.74, 6) is -6.56. The average molecular weight is 589 g/mol. The summed E-state index contributed by atoms with van der Waals surface area (Å²) in [5.41, 5.74) is -0.0367. The first-order valence-corrected chi connectivity index (χ1v) is 12.6. The van der Waals surface area contributed by atoms with Gasteiger partial charge in [0.2, 0.25) is 5.91 Å². The summed E-state index contributed by atoms with van der Waals surface area (Å²) in [6.07, 6.45) is -0.521. The molecule has 0 aromatic heterocycles. The molecule has 1 saturated heterocycles. The van der Waals surface area contributed by atoms with Crippen molar-refractivity contribution < 1.29 is 108 Å². The van der Waals surface area contributed by atoms with Gasteiger partial charge in [-0.2, -0.15) is 0 Å². The van der Waals surface area contributed by atoms with E-state index in [1.165, 1.54) is 23.9 Å². The van der Waals surface area contributed by atoms with Crippen LogP contribution in [0.1, 0.15) is 46.9 Å². The van der Waals surface area contributed by atoms with Gasteiger partial charge in [0.1, 0.15) is 18.0 Å². The first-order valence-electron chi connectivity index (χ1n) is 11.5. The van der Waals surface area contributed by atoms with Gasteiger partial charge < -0.3 is 29.9 Å². The van der Waals surface area contributed by atoms with Crippen molar-refractivity contribution in [2.24, 2.45) is 0 Å². The number of hydrogen-bond donors (Lipinski definition) is 1. The van der Waals surface area contributed by atoms with Gasteiger partial charge in [-0.3, -0.25) is 33.8 Å². The predicted molar refractivity (Wildman–Crippen MR) is 123 cm³/mol. The van der Waals surface area contributed by atoms with Crippen molar-refractivity contribution in [1.29, 1.82) is 0 Å². The number of aliphatic carboxylic acids is 2. The second-order valence-electron chi connectivity index (χ2n) is 8.73. The van der Waals surface area contributed by atoms with E-state index in [1.54, 1.807) is 12.1 Å². The van der Waals surface area contributed by atoms with Gasteiger partial charge in [-0.15, -0.1) is 11.8 Å². The standard InChI is InChI=1S/C24H23N3O10S.2Na/c1-11(28)37-9-12-10-38-22-17(21(32)27(22)18(12)24(35)36)25-16(29)8-4-7-15(23(33)34)26-19(30)13-5-2-3-6-14(13)20(26)31;;/h2-3,5-6,15,17,22H,4,7-10H2,1H3,(H,25,29)(H,33,34)(H,35,36);;/q;2*+1/p-2/t15?,17?,22-;;/m0../s1. The summed E-state index contributed by atoms with van der Waals surface area (Å²) >= 11 is 1.17. The minimum Gasteiger partial charge on any atom is -0.548 e. The summed E-state index contributed by atoms with van der Waals surface area (Å²) in [5, 5.41) is 25.2. The van der Waals surface area contributed by atoms with E-state index >= 15 is 0 Å². The topological polar surface area (TPSA) is 193 Å². The van der Waals surface area contributed by atoms with Crippen LogP contribution in [0.4, 0.5) is 0 Å². The Morgan fingerprint density at radius 3 is 2.20 bits per heavy atom. The molecule has 1 N–H and O–H groups in total. The van der Waals surface area contributed by atoms with E-state index in [9.17, 15) is 43.8 Å². The molecule has 13 nitrogen and oxygen atoms in total. The van der Waals surface area contributed by atoms with Crippen LogP contribution in [0.3, 0.4) is 0 Å². The number of rotatable bonds is 10. The Balaban J connectivity index is 0.00000280. The van der Waals surface area contributed by atoms with Gasteiger partial charge in [0.25, 0.3) is 17.7 Å². The molecule has 0 radical (unpaired) electrons. The molecule has 0 saturated carbocycles. The molecule has 3 heterocycles. The number of ether oxygens (including phenoxy) is 1. The molecule has 0 bridgehead atoms. The fourth-order valence-corrected chi connectivity index (χ4v) is 5.84. The summed E-state index contributed by atoms with van der Waals surface area (Å²) in [4.78, 5) is 86.4. The van der Waals surface area contributed by atoms with Crippen molar-refractivity contribution in [1.82, 2.24) is 15.1 Å². The van der Waals surface area contributed by atoms with Gasteiger partial charge >= 0.3 is 65.1 Å². The van der Waals surface area contributed by atoms with E-state index in [-0.39, 0.29) is 107 Å². The maximum atomic E-state index is 12.7. The monoisotopic (exact) mass is 589 g/mol. The van der Waals surface area contributed by atoms with Crippen LogP contribution in [-0.2, 0) is 28.7 Å². The molecule has 1 fully saturated rings. The molecular weight excluding hydrogens is 568 g/mol. The van der Waals surface area contributed by atoms with Crippen LogP contribution in [0.25, 0.3) is 0 Å². The first kappa shape index (κ1) is 34.0. The van der Waals surface area contributed by atoms with Crippen molar-refractivity contribution in [3.8, 4) is 0 Å². The smallest absolute Gasteiger partial charge is 0.548 e. The zero-order chi connectivity index (χ0) is 27.7. The second kappa shape index (κ2) is 14.1. The summed E-state index contributed by atoms with van der Waals surface area (Å²) < 4.78 is 4.84. The van der Waals surface area contributed by atoms with E-state index < -0.39 is 64.7 Å². The van der Waals surface area contributed by atoms with Crippen LogP contribution in [0.5, 0.6) is 0 Å². The molecule has 0 aliphatic carbocycles. The Bertz CT molecular complexity index is 1270. The van der Waals surface area contributed by atoms with E-state index in [0.29, 0.717) is 4.90 Å². The fourth-order valence-electron chi connectivity index (χ4n) is 4.52. The van der Waals surface area contributed by atoms with Gasteiger partial charge in [0.15, 0.2) is 0 Å². The number of nitrogens with zero attached hydrogens (tertiary/aromatic N) is 2. The number of thioether (sulfide) groups is 1. The minimum absolute atomic E-state index is 0. The SMILES string of the molecule is CC(=O)OCC1=C(C(=O)[O-])N2C(=O)C(NC(=O)CCCC(C(=O)[O-])N3C(=O)c4ccccc4C3=O)[C@@H]2SC1.[Na+].[Na+]. The number of hydrogen-bond acceptors (Lipinski definition) is 11. The molecule has 2 unspecified atom stereocenters. The minimum atomic E-state index is -1.64. The quantitative estimate of drug-likeness (QED) is 0.118. The Kier molecular flexibility index (Phi) is 12.0. The molecule has 40 heavy (non-hydrogen) atoms. The normalized spacial score (nSPS) is 19.9. The van der Waals surface area contributed by atoms with E-state index in [2.05, 4.69) is 5.32 Å². The number of carbonyl (C=O) groups is 7. The number of carboxylic acid groups (broad SMARTS) is 2. The number of carbonyl (C=O) groups excluding carboxylic acids is 7. The summed E-state index contributed by atoms with van der Waals surface area (Å²) in [6.45, 7) is 0.846. The third-order valence-electron chi connectivity index (χ3n) is 6.30. The molecule has 3 aliphatic rings. The Labute approximate surface area is 276 Å². The van der Waals surface area contributed by atoms with E-state index in [4.69, 9.17) is 4.74 Å². The van der Waals surface area contributed by atoms with Gasteiger partial charge in [0.05, 0.1) is 34.8 Å². The molecule has 1 aromatic carbocycles. The summed E-state index contributed by atoms with van der Waals surface area (Å²) in [6, 6.07) is 3.31. The number of β-lactam (4-membered cyclic amide) rings is 1. The van der Waals surface area contributed by atoms with Crippen molar-refractivity contribution in [2.75, 3.05) is 12.4 Å². The third kappa shape index (κ3) is 6.64. The van der Waals surface area contributed by atoms with Crippen LogP contribution in [0.15, 0.2) is 35.5 Å².